The Kier molecular flexibility index (Phi) is 1.99. The molecular weight excluding hydrogens is 248 g/mol. The van der Waals surface area contributed by atoms with E-state index in [2.05, 4.69) is 26.1 Å². The molecule has 0 aromatic carbocycles. The second-order valence-corrected chi connectivity index (χ2v) is 3.77. The Morgan fingerprint density at radius 3 is 3.00 bits per heavy atom. The smallest absolute Gasteiger partial charge is 0.266 e. The maximum Gasteiger partial charge on any atom is 0.266 e. The summed E-state index contributed by atoms with van der Waals surface area (Å²) >= 11 is 3.33. The average molecular weight is 255 g/mol. The molecule has 0 radical (unpaired) electrons. The Morgan fingerprint density at radius 1 is 1.64 bits per heavy atom. The zero-order valence-corrected chi connectivity index (χ0v) is 8.95. The molecule has 2 N–H and O–H groups in total. The lowest BCUT2D eigenvalue weighted by Crippen LogP contribution is -2.17. The minimum absolute atomic E-state index is 0.410. The van der Waals surface area contributed by atoms with E-state index in [1.807, 2.05) is 6.92 Å². The van der Waals surface area contributed by atoms with Gasteiger partial charge in [0.1, 0.15) is 12.0 Å². The van der Waals surface area contributed by atoms with Crippen molar-refractivity contribution in [3.63, 3.8) is 0 Å². The largest absolute Gasteiger partial charge is 0.364 e. The molecule has 6 heteroatoms. The summed E-state index contributed by atoms with van der Waals surface area (Å²) in [5.74, 6) is -0.486. The van der Waals surface area contributed by atoms with E-state index in [-0.39, 0.29) is 0 Å². The molecule has 0 spiro atoms. The fraction of sp³-hybridized carbons (Fsp3) is 0.125. The molecule has 72 valence electrons. The van der Waals surface area contributed by atoms with Crippen LogP contribution in [0.15, 0.2) is 16.9 Å². The van der Waals surface area contributed by atoms with Crippen LogP contribution in [0, 0.1) is 6.92 Å². The van der Waals surface area contributed by atoms with Gasteiger partial charge in [0.25, 0.3) is 5.91 Å². The Morgan fingerprint density at radius 2 is 2.36 bits per heavy atom. The van der Waals surface area contributed by atoms with E-state index in [1.165, 1.54) is 6.33 Å². The Bertz CT molecular complexity index is 519. The average Bonchev–Trinajstić information content (AvgIpc) is 2.51. The van der Waals surface area contributed by atoms with E-state index < -0.39 is 5.91 Å². The molecule has 2 heterocycles. The van der Waals surface area contributed by atoms with Crippen molar-refractivity contribution in [1.82, 2.24) is 14.6 Å². The summed E-state index contributed by atoms with van der Waals surface area (Å²) < 4.78 is 2.36. The highest BCUT2D eigenvalue weighted by Crippen LogP contribution is 2.20. The van der Waals surface area contributed by atoms with E-state index in [0.717, 1.165) is 10.0 Å². The number of aromatic nitrogens is 3. The minimum atomic E-state index is -0.486. The second kappa shape index (κ2) is 3.06. The standard InChI is InChI=1S/C8H7BrN4O/c1-4-2-5(9)8-12-11-3-13(8)6(4)7(10)14/h2-3H,1H3,(H2,10,14). The number of pyridine rings is 1. The van der Waals surface area contributed by atoms with Crippen molar-refractivity contribution in [2.75, 3.05) is 0 Å². The highest BCUT2D eigenvalue weighted by atomic mass is 79.9. The number of hydrogen-bond acceptors (Lipinski definition) is 3. The van der Waals surface area contributed by atoms with E-state index in [1.54, 1.807) is 10.5 Å². The summed E-state index contributed by atoms with van der Waals surface area (Å²) in [6.45, 7) is 1.81. The van der Waals surface area contributed by atoms with Crippen LogP contribution in [0.25, 0.3) is 5.65 Å². The van der Waals surface area contributed by atoms with Gasteiger partial charge in [0.15, 0.2) is 5.65 Å². The molecule has 2 aromatic rings. The number of amides is 1. The van der Waals surface area contributed by atoms with Gasteiger partial charge in [-0.3, -0.25) is 9.20 Å². The monoisotopic (exact) mass is 254 g/mol. The van der Waals surface area contributed by atoms with Crippen molar-refractivity contribution < 1.29 is 4.79 Å². The summed E-state index contributed by atoms with van der Waals surface area (Å²) in [4.78, 5) is 11.2. The summed E-state index contributed by atoms with van der Waals surface area (Å²) in [6, 6.07) is 1.80. The van der Waals surface area contributed by atoms with Crippen molar-refractivity contribution in [3.8, 4) is 0 Å². The topological polar surface area (TPSA) is 73.3 Å². The molecule has 0 aliphatic rings. The van der Waals surface area contributed by atoms with Gasteiger partial charge >= 0.3 is 0 Å². The van der Waals surface area contributed by atoms with Crippen molar-refractivity contribution >= 4 is 27.5 Å². The van der Waals surface area contributed by atoms with Crippen molar-refractivity contribution in [2.45, 2.75) is 6.92 Å². The van der Waals surface area contributed by atoms with Crippen LogP contribution in [0.3, 0.4) is 0 Å². The van der Waals surface area contributed by atoms with Crippen molar-refractivity contribution in [2.24, 2.45) is 5.73 Å². The number of aryl methyl sites for hydroxylation is 1. The van der Waals surface area contributed by atoms with Crippen LogP contribution in [0.4, 0.5) is 0 Å². The number of nitrogens with two attached hydrogens (primary N) is 1. The van der Waals surface area contributed by atoms with E-state index >= 15 is 0 Å². The third-order valence-corrected chi connectivity index (χ3v) is 2.54. The van der Waals surface area contributed by atoms with Crippen LogP contribution in [0.5, 0.6) is 0 Å². The van der Waals surface area contributed by atoms with E-state index in [0.29, 0.717) is 11.3 Å². The second-order valence-electron chi connectivity index (χ2n) is 2.91. The van der Waals surface area contributed by atoms with Crippen LogP contribution in [-0.4, -0.2) is 20.5 Å². The summed E-state index contributed by atoms with van der Waals surface area (Å²) in [6.07, 6.45) is 1.47. The van der Waals surface area contributed by atoms with Gasteiger partial charge in [-0.15, -0.1) is 10.2 Å². The molecule has 0 atom stereocenters. The number of hydrogen-bond donors (Lipinski definition) is 1. The maximum atomic E-state index is 11.2. The quantitative estimate of drug-likeness (QED) is 0.822. The van der Waals surface area contributed by atoms with Crippen LogP contribution in [0.1, 0.15) is 16.1 Å². The first-order chi connectivity index (χ1) is 6.61. The lowest BCUT2D eigenvalue weighted by Gasteiger charge is -2.05. The zero-order valence-electron chi connectivity index (χ0n) is 7.36. The highest BCUT2D eigenvalue weighted by molar-refractivity contribution is 9.10. The first-order valence-corrected chi connectivity index (χ1v) is 4.69. The molecule has 2 aromatic heterocycles. The molecule has 0 aliphatic heterocycles. The van der Waals surface area contributed by atoms with E-state index in [9.17, 15) is 4.79 Å². The SMILES string of the molecule is Cc1cc(Br)c2nncn2c1C(N)=O. The molecule has 2 rings (SSSR count). The fourth-order valence-corrected chi connectivity index (χ4v) is 2.00. The van der Waals surface area contributed by atoms with Crippen LogP contribution < -0.4 is 5.73 Å². The fourth-order valence-electron chi connectivity index (χ4n) is 1.39. The minimum Gasteiger partial charge on any atom is -0.364 e. The number of primary amides is 1. The van der Waals surface area contributed by atoms with E-state index in [4.69, 9.17) is 5.73 Å². The number of nitrogens with zero attached hydrogens (tertiary/aromatic N) is 3. The van der Waals surface area contributed by atoms with Crippen LogP contribution in [-0.2, 0) is 0 Å². The highest BCUT2D eigenvalue weighted by Gasteiger charge is 2.13. The van der Waals surface area contributed by atoms with Gasteiger partial charge in [-0.25, -0.2) is 0 Å². The Hall–Kier alpha value is -1.43. The molecule has 0 aliphatic carbocycles. The predicted octanol–water partition coefficient (Wildman–Crippen LogP) is 0.899. The molecule has 0 fully saturated rings. The van der Waals surface area contributed by atoms with Crippen molar-refractivity contribution in [3.05, 3.63) is 28.1 Å². The molecule has 0 unspecified atom stereocenters. The lowest BCUT2D eigenvalue weighted by molar-refractivity contribution is 0.0993. The normalized spacial score (nSPS) is 10.7. The predicted molar refractivity (Wildman–Crippen MR) is 53.9 cm³/mol. The van der Waals surface area contributed by atoms with Gasteiger partial charge in [0.05, 0.1) is 4.47 Å². The molecular formula is C8H7BrN4O. The first-order valence-electron chi connectivity index (χ1n) is 3.90. The van der Waals surface area contributed by atoms with Crippen LogP contribution in [0.2, 0.25) is 0 Å². The summed E-state index contributed by atoms with van der Waals surface area (Å²) in [5, 5.41) is 7.58. The van der Waals surface area contributed by atoms with Gasteiger partial charge < -0.3 is 5.73 Å². The zero-order chi connectivity index (χ0) is 10.3. The molecule has 14 heavy (non-hydrogen) atoms. The molecule has 0 bridgehead atoms. The Balaban J connectivity index is 2.93. The molecule has 0 saturated heterocycles. The first kappa shape index (κ1) is 9.14. The number of carbonyl (C=O) groups is 1. The van der Waals surface area contributed by atoms with Gasteiger partial charge in [0, 0.05) is 0 Å². The van der Waals surface area contributed by atoms with Crippen molar-refractivity contribution in [1.29, 1.82) is 0 Å². The lowest BCUT2D eigenvalue weighted by atomic mass is 10.2. The third-order valence-electron chi connectivity index (χ3n) is 1.95. The number of fused-ring (bicyclic) bond motifs is 1. The van der Waals surface area contributed by atoms with Gasteiger partial charge in [-0.2, -0.15) is 0 Å². The number of carbonyl (C=O) groups excluding carboxylic acids is 1. The maximum absolute atomic E-state index is 11.2. The third kappa shape index (κ3) is 1.19. The summed E-state index contributed by atoms with van der Waals surface area (Å²) in [7, 11) is 0. The van der Waals surface area contributed by atoms with Gasteiger partial charge in [0.2, 0.25) is 0 Å². The molecule has 5 nitrogen and oxygen atoms in total. The van der Waals surface area contributed by atoms with Crippen LogP contribution >= 0.6 is 15.9 Å². The van der Waals surface area contributed by atoms with Gasteiger partial charge in [-0.1, -0.05) is 0 Å². The molecule has 1 amide bonds. The Labute approximate surface area is 88.1 Å². The number of rotatable bonds is 1. The summed E-state index contributed by atoms with van der Waals surface area (Å²) in [5.41, 5.74) is 7.05. The number of halogens is 1. The molecule has 0 saturated carbocycles. The van der Waals surface area contributed by atoms with Gasteiger partial charge in [-0.05, 0) is 34.5 Å².